The molecule has 0 aliphatic carbocycles. The Morgan fingerprint density at radius 2 is 2.17 bits per heavy atom. The van der Waals surface area contributed by atoms with Gasteiger partial charge in [-0.25, -0.2) is 4.79 Å². The monoisotopic (exact) mass is 270 g/mol. The summed E-state index contributed by atoms with van der Waals surface area (Å²) in [4.78, 5) is 13.0. The molecule has 0 unspecified atom stereocenters. The van der Waals surface area contributed by atoms with Crippen molar-refractivity contribution < 1.29 is 14.6 Å². The van der Waals surface area contributed by atoms with E-state index in [2.05, 4.69) is 10.2 Å². The third-order valence-corrected chi connectivity index (χ3v) is 3.70. The number of hydrogen-bond donors (Lipinski definition) is 2. The molecular formula is C12H18N2O3S. The van der Waals surface area contributed by atoms with Gasteiger partial charge in [0.15, 0.2) is 5.75 Å². The van der Waals surface area contributed by atoms with E-state index in [1.807, 2.05) is 5.38 Å². The number of amides is 1. The fourth-order valence-corrected chi connectivity index (χ4v) is 2.77. The largest absolute Gasteiger partial charge is 0.489 e. The Balaban J connectivity index is 1.75. The average molecular weight is 270 g/mol. The fourth-order valence-electron chi connectivity index (χ4n) is 2.07. The highest BCUT2D eigenvalue weighted by atomic mass is 32.1. The Bertz CT molecular complexity index is 388. The molecule has 0 radical (unpaired) electrons. The molecule has 5 nitrogen and oxygen atoms in total. The molecule has 2 N–H and O–H groups in total. The maximum atomic E-state index is 10.6. The van der Waals surface area contributed by atoms with Crippen molar-refractivity contribution in [1.29, 1.82) is 0 Å². The van der Waals surface area contributed by atoms with Crippen molar-refractivity contribution in [3.05, 3.63) is 10.8 Å². The average Bonchev–Trinajstić information content (AvgIpc) is 2.77. The van der Waals surface area contributed by atoms with Crippen LogP contribution in [0.1, 0.15) is 19.3 Å². The molecule has 1 fully saturated rings. The van der Waals surface area contributed by atoms with E-state index in [-0.39, 0.29) is 0 Å². The van der Waals surface area contributed by atoms with Gasteiger partial charge in [0.1, 0.15) is 6.61 Å². The standard InChI is InChI=1S/C12H18N2O3S/c15-12(16)13-10-8-18-9-11(10)17-7-6-14-4-2-1-3-5-14/h8-9,13H,1-7H2,(H,15,16). The first-order valence-corrected chi connectivity index (χ1v) is 7.11. The van der Waals surface area contributed by atoms with Crippen LogP contribution in [0, 0.1) is 0 Å². The van der Waals surface area contributed by atoms with Crippen LogP contribution in [0.3, 0.4) is 0 Å². The summed E-state index contributed by atoms with van der Waals surface area (Å²) in [6.07, 6.45) is 2.80. The SMILES string of the molecule is O=C(O)Nc1cscc1OCCN1CCCCC1. The molecule has 18 heavy (non-hydrogen) atoms. The molecule has 1 aromatic rings. The lowest BCUT2D eigenvalue weighted by molar-refractivity contribution is 0.184. The Morgan fingerprint density at radius 1 is 1.39 bits per heavy atom. The summed E-state index contributed by atoms with van der Waals surface area (Å²) in [5.74, 6) is 0.624. The Hall–Kier alpha value is -1.27. The molecule has 100 valence electrons. The smallest absolute Gasteiger partial charge is 0.409 e. The van der Waals surface area contributed by atoms with E-state index in [0.29, 0.717) is 18.0 Å². The minimum atomic E-state index is -1.06. The quantitative estimate of drug-likeness (QED) is 0.863. The van der Waals surface area contributed by atoms with E-state index in [0.717, 1.165) is 19.6 Å². The van der Waals surface area contributed by atoms with E-state index in [4.69, 9.17) is 9.84 Å². The minimum Gasteiger partial charge on any atom is -0.489 e. The van der Waals surface area contributed by atoms with Gasteiger partial charge in [-0.1, -0.05) is 6.42 Å². The van der Waals surface area contributed by atoms with Crippen LogP contribution in [0.5, 0.6) is 5.75 Å². The van der Waals surface area contributed by atoms with Crippen LogP contribution in [0.15, 0.2) is 10.8 Å². The molecule has 2 heterocycles. The molecule has 1 aliphatic rings. The van der Waals surface area contributed by atoms with Crippen LogP contribution in [0.2, 0.25) is 0 Å². The van der Waals surface area contributed by atoms with Gasteiger partial charge in [0.2, 0.25) is 0 Å². The molecular weight excluding hydrogens is 252 g/mol. The second-order valence-electron chi connectivity index (χ2n) is 4.33. The van der Waals surface area contributed by atoms with Crippen molar-refractivity contribution in [3.63, 3.8) is 0 Å². The first kappa shape index (κ1) is 13.2. The molecule has 1 aromatic heterocycles. The van der Waals surface area contributed by atoms with Gasteiger partial charge in [0.25, 0.3) is 0 Å². The first-order valence-electron chi connectivity index (χ1n) is 6.17. The predicted octanol–water partition coefficient (Wildman–Crippen LogP) is 2.70. The van der Waals surface area contributed by atoms with Gasteiger partial charge < -0.3 is 9.84 Å². The number of nitrogens with one attached hydrogen (secondary N) is 1. The van der Waals surface area contributed by atoms with Crippen LogP contribution in [0.25, 0.3) is 0 Å². The number of piperidine rings is 1. The Labute approximate surface area is 110 Å². The minimum absolute atomic E-state index is 0.533. The van der Waals surface area contributed by atoms with Crippen LogP contribution in [-0.2, 0) is 0 Å². The highest BCUT2D eigenvalue weighted by molar-refractivity contribution is 7.08. The van der Waals surface area contributed by atoms with Gasteiger partial charge in [0, 0.05) is 17.3 Å². The third-order valence-electron chi connectivity index (χ3n) is 2.98. The second-order valence-corrected chi connectivity index (χ2v) is 5.07. The molecule has 0 bridgehead atoms. The highest BCUT2D eigenvalue weighted by Crippen LogP contribution is 2.28. The van der Waals surface area contributed by atoms with Gasteiger partial charge in [-0.05, 0) is 25.9 Å². The molecule has 1 saturated heterocycles. The van der Waals surface area contributed by atoms with Crippen molar-refractivity contribution in [2.75, 3.05) is 31.6 Å². The number of thiophene rings is 1. The second kappa shape index (κ2) is 6.61. The molecule has 6 heteroatoms. The van der Waals surface area contributed by atoms with E-state index < -0.39 is 6.09 Å². The van der Waals surface area contributed by atoms with Crippen molar-refractivity contribution in [2.24, 2.45) is 0 Å². The van der Waals surface area contributed by atoms with E-state index in [1.54, 1.807) is 5.38 Å². The molecule has 1 amide bonds. The summed E-state index contributed by atoms with van der Waals surface area (Å²) in [5.41, 5.74) is 0.533. The molecule has 0 aromatic carbocycles. The number of carbonyl (C=O) groups is 1. The maximum Gasteiger partial charge on any atom is 0.409 e. The lowest BCUT2D eigenvalue weighted by Gasteiger charge is -2.26. The van der Waals surface area contributed by atoms with Gasteiger partial charge in [0.05, 0.1) is 5.69 Å². The zero-order chi connectivity index (χ0) is 12.8. The zero-order valence-electron chi connectivity index (χ0n) is 10.2. The van der Waals surface area contributed by atoms with Crippen LogP contribution in [-0.4, -0.2) is 42.3 Å². The predicted molar refractivity (Wildman–Crippen MR) is 71.8 cm³/mol. The third kappa shape index (κ3) is 3.89. The number of carboxylic acid groups (broad SMARTS) is 1. The number of ether oxygens (including phenoxy) is 1. The number of rotatable bonds is 5. The van der Waals surface area contributed by atoms with Crippen molar-refractivity contribution in [2.45, 2.75) is 19.3 Å². The highest BCUT2D eigenvalue weighted by Gasteiger charge is 2.11. The van der Waals surface area contributed by atoms with E-state index in [1.165, 1.54) is 30.6 Å². The number of hydrogen-bond acceptors (Lipinski definition) is 4. The van der Waals surface area contributed by atoms with Gasteiger partial charge >= 0.3 is 6.09 Å². The fraction of sp³-hybridized carbons (Fsp3) is 0.583. The maximum absolute atomic E-state index is 10.6. The summed E-state index contributed by atoms with van der Waals surface area (Å²) in [7, 11) is 0. The zero-order valence-corrected chi connectivity index (χ0v) is 11.0. The molecule has 1 aliphatic heterocycles. The van der Waals surface area contributed by atoms with Crippen molar-refractivity contribution in [1.82, 2.24) is 4.90 Å². The molecule has 0 atom stereocenters. The van der Waals surface area contributed by atoms with Crippen LogP contribution < -0.4 is 10.1 Å². The van der Waals surface area contributed by atoms with E-state index in [9.17, 15) is 4.79 Å². The van der Waals surface area contributed by atoms with Crippen molar-refractivity contribution >= 4 is 23.1 Å². The summed E-state index contributed by atoms with van der Waals surface area (Å²) in [6.45, 7) is 3.80. The lowest BCUT2D eigenvalue weighted by Crippen LogP contribution is -2.33. The normalized spacial score (nSPS) is 16.4. The Kier molecular flexibility index (Phi) is 4.83. The first-order chi connectivity index (χ1) is 8.75. The van der Waals surface area contributed by atoms with Gasteiger partial charge in [-0.15, -0.1) is 11.3 Å². The summed E-state index contributed by atoms with van der Waals surface area (Å²) >= 11 is 1.43. The number of anilines is 1. The molecule has 2 rings (SSSR count). The lowest BCUT2D eigenvalue weighted by atomic mass is 10.1. The topological polar surface area (TPSA) is 61.8 Å². The number of nitrogens with zero attached hydrogens (tertiary/aromatic N) is 1. The molecule has 0 saturated carbocycles. The van der Waals surface area contributed by atoms with E-state index >= 15 is 0 Å². The van der Waals surface area contributed by atoms with Crippen molar-refractivity contribution in [3.8, 4) is 5.75 Å². The summed E-state index contributed by atoms with van der Waals surface area (Å²) in [6, 6.07) is 0. The van der Waals surface area contributed by atoms with Gasteiger partial charge in [-0.3, -0.25) is 10.2 Å². The Morgan fingerprint density at radius 3 is 2.89 bits per heavy atom. The van der Waals surface area contributed by atoms with Crippen LogP contribution >= 0.6 is 11.3 Å². The molecule has 0 spiro atoms. The van der Waals surface area contributed by atoms with Gasteiger partial charge in [-0.2, -0.15) is 0 Å². The number of likely N-dealkylation sites (tertiary alicyclic amines) is 1. The summed E-state index contributed by atoms with van der Waals surface area (Å²) < 4.78 is 5.62. The van der Waals surface area contributed by atoms with Crippen LogP contribution in [0.4, 0.5) is 10.5 Å². The summed E-state index contributed by atoms with van der Waals surface area (Å²) in [5, 5.41) is 14.6.